The first kappa shape index (κ1) is 8.31. The van der Waals surface area contributed by atoms with Gasteiger partial charge in [0.2, 0.25) is 0 Å². The maximum Gasteiger partial charge on any atom is 0.264 e. The van der Waals surface area contributed by atoms with E-state index < -0.39 is 0 Å². The molecule has 0 N–H and O–H groups in total. The van der Waals surface area contributed by atoms with Gasteiger partial charge in [-0.1, -0.05) is 12.1 Å². The summed E-state index contributed by atoms with van der Waals surface area (Å²) in [7, 11) is 0. The maximum atomic E-state index is 10.8. The summed E-state index contributed by atoms with van der Waals surface area (Å²) in [5.41, 5.74) is 1.50. The van der Waals surface area contributed by atoms with Crippen LogP contribution in [0.25, 0.3) is 11.1 Å². The first-order valence-electron chi connectivity index (χ1n) is 3.80. The average Bonchev–Trinajstić information content (AvgIpc) is 2.44. The highest BCUT2D eigenvalue weighted by atomic mass is 32.2. The molecule has 0 amide bonds. The molecule has 2 aromatic rings. The number of rotatable bonds is 1. The van der Waals surface area contributed by atoms with Crippen LogP contribution in [0.1, 0.15) is 6.92 Å². The van der Waals surface area contributed by atoms with Gasteiger partial charge in [0.15, 0.2) is 10.7 Å². The third kappa shape index (κ3) is 1.72. The smallest absolute Gasteiger partial charge is 0.264 e. The lowest BCUT2D eigenvalue weighted by Gasteiger charge is -1.84. The van der Waals surface area contributed by atoms with Crippen LogP contribution in [0.4, 0.5) is 0 Å². The highest BCUT2D eigenvalue weighted by Crippen LogP contribution is 2.23. The normalized spacial score (nSPS) is 10.5. The molecule has 0 aliphatic rings. The van der Waals surface area contributed by atoms with Crippen LogP contribution >= 0.6 is 11.8 Å². The van der Waals surface area contributed by atoms with Gasteiger partial charge in [-0.25, -0.2) is 4.98 Å². The van der Waals surface area contributed by atoms with Crippen molar-refractivity contribution in [3.63, 3.8) is 0 Å². The van der Waals surface area contributed by atoms with Crippen LogP contribution in [0.2, 0.25) is 0 Å². The van der Waals surface area contributed by atoms with Gasteiger partial charge in [0, 0.05) is 18.7 Å². The predicted molar refractivity (Wildman–Crippen MR) is 50.5 cm³/mol. The van der Waals surface area contributed by atoms with Gasteiger partial charge < -0.3 is 4.42 Å². The summed E-state index contributed by atoms with van der Waals surface area (Å²) in [6.07, 6.45) is 0. The fourth-order valence-corrected chi connectivity index (χ4v) is 1.54. The third-order valence-corrected chi connectivity index (χ3v) is 2.14. The standard InChI is InChI=1S/C9H7NO2S/c1-6(11)13-9-10-7-4-2-3-5-8(7)12-9/h2-5H,1H3. The molecule has 3 nitrogen and oxygen atoms in total. The summed E-state index contributed by atoms with van der Waals surface area (Å²) in [4.78, 5) is 14.9. The van der Waals surface area contributed by atoms with Crippen LogP contribution in [0.15, 0.2) is 33.9 Å². The van der Waals surface area contributed by atoms with E-state index in [1.165, 1.54) is 6.92 Å². The number of thioether (sulfide) groups is 1. The summed E-state index contributed by atoms with van der Waals surface area (Å²) in [6.45, 7) is 1.49. The van der Waals surface area contributed by atoms with Crippen LogP contribution < -0.4 is 0 Å². The lowest BCUT2D eigenvalue weighted by atomic mass is 10.3. The maximum absolute atomic E-state index is 10.8. The Balaban J connectivity index is 2.44. The fraction of sp³-hybridized carbons (Fsp3) is 0.111. The fourth-order valence-electron chi connectivity index (χ4n) is 1.02. The van der Waals surface area contributed by atoms with Gasteiger partial charge in [-0.2, -0.15) is 0 Å². The highest BCUT2D eigenvalue weighted by molar-refractivity contribution is 8.13. The van der Waals surface area contributed by atoms with E-state index in [2.05, 4.69) is 4.98 Å². The average molecular weight is 193 g/mol. The summed E-state index contributed by atoms with van der Waals surface area (Å²) in [6, 6.07) is 7.43. The Morgan fingerprint density at radius 3 is 2.92 bits per heavy atom. The van der Waals surface area contributed by atoms with Crippen molar-refractivity contribution in [3.8, 4) is 0 Å². The molecular weight excluding hydrogens is 186 g/mol. The first-order chi connectivity index (χ1) is 6.25. The van der Waals surface area contributed by atoms with E-state index in [0.29, 0.717) is 10.8 Å². The summed E-state index contributed by atoms with van der Waals surface area (Å²) >= 11 is 1.01. The molecule has 1 aromatic heterocycles. The Bertz CT molecular complexity index is 417. The molecule has 0 bridgehead atoms. The molecule has 66 valence electrons. The van der Waals surface area contributed by atoms with Crippen molar-refractivity contribution in [1.29, 1.82) is 0 Å². The van der Waals surface area contributed by atoms with Crippen molar-refractivity contribution >= 4 is 28.0 Å². The third-order valence-electron chi connectivity index (χ3n) is 1.51. The number of hydrogen-bond donors (Lipinski definition) is 0. The van der Waals surface area contributed by atoms with E-state index in [-0.39, 0.29) is 5.12 Å². The number of benzene rings is 1. The van der Waals surface area contributed by atoms with Gasteiger partial charge in [0.1, 0.15) is 5.52 Å². The summed E-state index contributed by atoms with van der Waals surface area (Å²) in [5.74, 6) is 0. The molecule has 2 rings (SSSR count). The number of oxazole rings is 1. The molecule has 0 radical (unpaired) electrons. The number of carbonyl (C=O) groups is 1. The molecule has 0 spiro atoms. The van der Waals surface area contributed by atoms with Crippen LogP contribution in [0, 0.1) is 0 Å². The molecule has 1 aromatic carbocycles. The van der Waals surface area contributed by atoms with E-state index in [0.717, 1.165) is 17.3 Å². The number of hydrogen-bond acceptors (Lipinski definition) is 4. The van der Waals surface area contributed by atoms with E-state index in [4.69, 9.17) is 4.42 Å². The molecule has 4 heteroatoms. The van der Waals surface area contributed by atoms with Crippen LogP contribution in [-0.4, -0.2) is 10.1 Å². The van der Waals surface area contributed by atoms with E-state index in [9.17, 15) is 4.79 Å². The quantitative estimate of drug-likeness (QED) is 0.652. The first-order valence-corrected chi connectivity index (χ1v) is 4.61. The summed E-state index contributed by atoms with van der Waals surface area (Å²) in [5, 5.41) is 0.389. The van der Waals surface area contributed by atoms with Gasteiger partial charge in [-0.15, -0.1) is 0 Å². The van der Waals surface area contributed by atoms with Crippen LogP contribution in [0.5, 0.6) is 0 Å². The molecule has 0 aliphatic heterocycles. The molecule has 0 unspecified atom stereocenters. The van der Waals surface area contributed by atoms with Crippen molar-refractivity contribution in [1.82, 2.24) is 4.98 Å². The number of fused-ring (bicyclic) bond motifs is 1. The molecule has 0 aliphatic carbocycles. The monoisotopic (exact) mass is 193 g/mol. The van der Waals surface area contributed by atoms with Crippen molar-refractivity contribution < 1.29 is 9.21 Å². The molecule has 0 saturated heterocycles. The minimum Gasteiger partial charge on any atom is -0.431 e. The zero-order valence-corrected chi connectivity index (χ0v) is 7.80. The second-order valence-corrected chi connectivity index (χ2v) is 3.67. The van der Waals surface area contributed by atoms with Crippen molar-refractivity contribution in [2.45, 2.75) is 12.1 Å². The van der Waals surface area contributed by atoms with E-state index in [1.807, 2.05) is 24.3 Å². The Morgan fingerprint density at radius 1 is 1.46 bits per heavy atom. The molecule has 0 saturated carbocycles. The number of aromatic nitrogens is 1. The largest absolute Gasteiger partial charge is 0.431 e. The molecule has 1 heterocycles. The van der Waals surface area contributed by atoms with Gasteiger partial charge in [0.25, 0.3) is 5.22 Å². The molecule has 0 fully saturated rings. The van der Waals surface area contributed by atoms with Crippen LogP contribution in [0.3, 0.4) is 0 Å². The number of carbonyl (C=O) groups excluding carboxylic acids is 1. The van der Waals surface area contributed by atoms with Crippen molar-refractivity contribution in [2.75, 3.05) is 0 Å². The van der Waals surface area contributed by atoms with E-state index in [1.54, 1.807) is 0 Å². The van der Waals surface area contributed by atoms with Gasteiger partial charge in [0.05, 0.1) is 0 Å². The van der Waals surface area contributed by atoms with Crippen LogP contribution in [-0.2, 0) is 4.79 Å². The zero-order valence-electron chi connectivity index (χ0n) is 6.98. The van der Waals surface area contributed by atoms with Crippen molar-refractivity contribution in [3.05, 3.63) is 24.3 Å². The number of nitrogens with zero attached hydrogens (tertiary/aromatic N) is 1. The SMILES string of the molecule is CC(=O)Sc1nc2ccccc2o1. The minimum absolute atomic E-state index is 0.0217. The number of para-hydroxylation sites is 2. The molecule has 13 heavy (non-hydrogen) atoms. The van der Waals surface area contributed by atoms with Gasteiger partial charge in [-0.3, -0.25) is 4.79 Å². The highest BCUT2D eigenvalue weighted by Gasteiger charge is 2.07. The lowest BCUT2D eigenvalue weighted by Crippen LogP contribution is -1.79. The minimum atomic E-state index is -0.0217. The summed E-state index contributed by atoms with van der Waals surface area (Å²) < 4.78 is 5.31. The second-order valence-electron chi connectivity index (χ2n) is 2.54. The Kier molecular flexibility index (Phi) is 2.06. The topological polar surface area (TPSA) is 43.1 Å². The predicted octanol–water partition coefficient (Wildman–Crippen LogP) is 2.47. The lowest BCUT2D eigenvalue weighted by molar-refractivity contribution is -0.109. The van der Waals surface area contributed by atoms with E-state index >= 15 is 0 Å². The second kappa shape index (κ2) is 3.22. The zero-order chi connectivity index (χ0) is 9.26. The van der Waals surface area contributed by atoms with Gasteiger partial charge in [-0.05, 0) is 12.1 Å². The van der Waals surface area contributed by atoms with Gasteiger partial charge >= 0.3 is 0 Å². The Morgan fingerprint density at radius 2 is 2.23 bits per heavy atom. The molecular formula is C9H7NO2S. The molecule has 0 atom stereocenters. The Hall–Kier alpha value is -1.29. The Labute approximate surface area is 79.1 Å². The van der Waals surface area contributed by atoms with Crippen molar-refractivity contribution in [2.24, 2.45) is 0 Å².